The van der Waals surface area contributed by atoms with Gasteiger partial charge in [0.1, 0.15) is 0 Å². The average Bonchev–Trinajstić information content (AvgIpc) is 2.38. The van der Waals surface area contributed by atoms with E-state index in [9.17, 15) is 4.79 Å². The molecule has 1 aliphatic rings. The summed E-state index contributed by atoms with van der Waals surface area (Å²) in [6.45, 7) is 13.4. The Hall–Kier alpha value is -0.610. The van der Waals surface area contributed by atoms with Gasteiger partial charge in [0, 0.05) is 39.1 Å². The molecular weight excluding hydrogens is 226 g/mol. The van der Waals surface area contributed by atoms with Crippen LogP contribution in [0.3, 0.4) is 0 Å². The Labute approximate surface area is 112 Å². The van der Waals surface area contributed by atoms with Gasteiger partial charge >= 0.3 is 0 Å². The van der Waals surface area contributed by atoms with Crippen molar-refractivity contribution < 1.29 is 4.79 Å². The third-order valence-corrected chi connectivity index (χ3v) is 3.59. The van der Waals surface area contributed by atoms with E-state index in [0.29, 0.717) is 12.3 Å². The van der Waals surface area contributed by atoms with E-state index in [2.05, 4.69) is 31.0 Å². The van der Waals surface area contributed by atoms with Gasteiger partial charge in [0.25, 0.3) is 0 Å². The Kier molecular flexibility index (Phi) is 7.28. The monoisotopic (exact) mass is 255 g/mol. The fourth-order valence-electron chi connectivity index (χ4n) is 2.18. The van der Waals surface area contributed by atoms with Crippen molar-refractivity contribution >= 4 is 5.91 Å². The predicted molar refractivity (Wildman–Crippen MR) is 75.6 cm³/mol. The van der Waals surface area contributed by atoms with Gasteiger partial charge in [0.2, 0.25) is 5.91 Å². The van der Waals surface area contributed by atoms with Crippen LogP contribution in [-0.4, -0.2) is 61.5 Å². The molecular formula is C14H29N3O. The standard InChI is InChI=1S/C14H29N3O/c1-4-16-9-11-17(12-10-16)14(18)6-8-15-7-5-13(2)3/h13,15H,4-12H2,1-3H3. The van der Waals surface area contributed by atoms with Gasteiger partial charge in [-0.05, 0) is 25.4 Å². The molecule has 0 radical (unpaired) electrons. The fraction of sp³-hybridized carbons (Fsp3) is 0.929. The second-order valence-corrected chi connectivity index (χ2v) is 5.50. The maximum atomic E-state index is 12.0. The van der Waals surface area contributed by atoms with Gasteiger partial charge in [-0.1, -0.05) is 20.8 Å². The van der Waals surface area contributed by atoms with Crippen molar-refractivity contribution in [3.05, 3.63) is 0 Å². The third-order valence-electron chi connectivity index (χ3n) is 3.59. The number of nitrogens with one attached hydrogen (secondary N) is 1. The number of piperazine rings is 1. The summed E-state index contributed by atoms with van der Waals surface area (Å²) in [5, 5.41) is 3.35. The number of hydrogen-bond acceptors (Lipinski definition) is 3. The van der Waals surface area contributed by atoms with Crippen LogP contribution in [0.2, 0.25) is 0 Å². The number of carbonyl (C=O) groups excluding carboxylic acids is 1. The van der Waals surface area contributed by atoms with Crippen molar-refractivity contribution in [2.24, 2.45) is 5.92 Å². The molecule has 106 valence electrons. The van der Waals surface area contributed by atoms with E-state index in [0.717, 1.165) is 51.7 Å². The molecule has 1 amide bonds. The van der Waals surface area contributed by atoms with E-state index in [1.54, 1.807) is 0 Å². The lowest BCUT2D eigenvalue weighted by Gasteiger charge is -2.34. The quantitative estimate of drug-likeness (QED) is 0.694. The number of hydrogen-bond donors (Lipinski definition) is 1. The van der Waals surface area contributed by atoms with E-state index in [1.165, 1.54) is 6.42 Å². The highest BCUT2D eigenvalue weighted by molar-refractivity contribution is 5.76. The lowest BCUT2D eigenvalue weighted by Crippen LogP contribution is -2.48. The normalized spacial score (nSPS) is 17.4. The molecule has 0 aromatic carbocycles. The maximum Gasteiger partial charge on any atom is 0.223 e. The molecule has 18 heavy (non-hydrogen) atoms. The summed E-state index contributed by atoms with van der Waals surface area (Å²) in [7, 11) is 0. The number of rotatable bonds is 7. The molecule has 1 heterocycles. The van der Waals surface area contributed by atoms with Gasteiger partial charge in [-0.2, -0.15) is 0 Å². The van der Waals surface area contributed by atoms with Gasteiger partial charge in [-0.3, -0.25) is 4.79 Å². The lowest BCUT2D eigenvalue weighted by molar-refractivity contribution is -0.132. The molecule has 1 aliphatic heterocycles. The van der Waals surface area contributed by atoms with Gasteiger partial charge in [-0.25, -0.2) is 0 Å². The first-order chi connectivity index (χ1) is 8.63. The van der Waals surface area contributed by atoms with Crippen LogP contribution in [0.25, 0.3) is 0 Å². The molecule has 0 aliphatic carbocycles. The number of likely N-dealkylation sites (N-methyl/N-ethyl adjacent to an activating group) is 1. The molecule has 0 aromatic rings. The highest BCUT2D eigenvalue weighted by Crippen LogP contribution is 2.03. The molecule has 1 N–H and O–H groups in total. The summed E-state index contributed by atoms with van der Waals surface area (Å²) in [6, 6.07) is 0. The zero-order chi connectivity index (χ0) is 13.4. The zero-order valence-corrected chi connectivity index (χ0v) is 12.2. The van der Waals surface area contributed by atoms with Crippen LogP contribution < -0.4 is 5.32 Å². The van der Waals surface area contributed by atoms with E-state index in [-0.39, 0.29) is 0 Å². The minimum Gasteiger partial charge on any atom is -0.340 e. The van der Waals surface area contributed by atoms with Crippen LogP contribution in [0, 0.1) is 5.92 Å². The topological polar surface area (TPSA) is 35.6 Å². The molecule has 1 fully saturated rings. The van der Waals surface area contributed by atoms with Crippen molar-refractivity contribution in [1.82, 2.24) is 15.1 Å². The maximum absolute atomic E-state index is 12.0. The van der Waals surface area contributed by atoms with Crippen molar-refractivity contribution in [2.45, 2.75) is 33.6 Å². The zero-order valence-electron chi connectivity index (χ0n) is 12.2. The second-order valence-electron chi connectivity index (χ2n) is 5.50. The Balaban J connectivity index is 2.07. The van der Waals surface area contributed by atoms with Gasteiger partial charge in [0.05, 0.1) is 0 Å². The first-order valence-corrected chi connectivity index (χ1v) is 7.34. The van der Waals surface area contributed by atoms with Crippen molar-refractivity contribution in [1.29, 1.82) is 0 Å². The summed E-state index contributed by atoms with van der Waals surface area (Å²) in [5.41, 5.74) is 0. The first kappa shape index (κ1) is 15.4. The predicted octanol–water partition coefficient (Wildman–Crippen LogP) is 1.18. The summed E-state index contributed by atoms with van der Waals surface area (Å²) in [5.74, 6) is 1.04. The average molecular weight is 255 g/mol. The third kappa shape index (κ3) is 5.83. The fourth-order valence-corrected chi connectivity index (χ4v) is 2.18. The molecule has 0 unspecified atom stereocenters. The number of amides is 1. The van der Waals surface area contributed by atoms with Crippen LogP contribution in [0.4, 0.5) is 0 Å². The molecule has 1 saturated heterocycles. The largest absolute Gasteiger partial charge is 0.340 e. The minimum absolute atomic E-state index is 0.308. The van der Waals surface area contributed by atoms with Gasteiger partial charge < -0.3 is 15.1 Å². The second kappa shape index (κ2) is 8.48. The Morgan fingerprint density at radius 1 is 1.17 bits per heavy atom. The molecule has 0 spiro atoms. The summed E-state index contributed by atoms with van der Waals surface area (Å²) in [4.78, 5) is 16.4. The highest BCUT2D eigenvalue weighted by Gasteiger charge is 2.19. The van der Waals surface area contributed by atoms with Crippen molar-refractivity contribution in [3.8, 4) is 0 Å². The Bertz CT molecular complexity index is 235. The van der Waals surface area contributed by atoms with Crippen LogP contribution >= 0.6 is 0 Å². The smallest absolute Gasteiger partial charge is 0.223 e. The van der Waals surface area contributed by atoms with E-state index in [4.69, 9.17) is 0 Å². The summed E-state index contributed by atoms with van der Waals surface area (Å²) >= 11 is 0. The minimum atomic E-state index is 0.308. The van der Waals surface area contributed by atoms with Crippen LogP contribution in [0.15, 0.2) is 0 Å². The number of nitrogens with zero attached hydrogens (tertiary/aromatic N) is 2. The van der Waals surface area contributed by atoms with Crippen molar-refractivity contribution in [3.63, 3.8) is 0 Å². The van der Waals surface area contributed by atoms with Crippen LogP contribution in [-0.2, 0) is 4.79 Å². The molecule has 0 bridgehead atoms. The summed E-state index contributed by atoms with van der Waals surface area (Å²) < 4.78 is 0. The first-order valence-electron chi connectivity index (χ1n) is 7.34. The van der Waals surface area contributed by atoms with E-state index >= 15 is 0 Å². The van der Waals surface area contributed by atoms with E-state index < -0.39 is 0 Å². The highest BCUT2D eigenvalue weighted by atomic mass is 16.2. The molecule has 4 nitrogen and oxygen atoms in total. The van der Waals surface area contributed by atoms with Crippen LogP contribution in [0.1, 0.15) is 33.6 Å². The van der Waals surface area contributed by atoms with Gasteiger partial charge in [-0.15, -0.1) is 0 Å². The molecule has 0 atom stereocenters. The molecule has 1 rings (SSSR count). The number of carbonyl (C=O) groups is 1. The molecule has 0 saturated carbocycles. The Morgan fingerprint density at radius 3 is 2.39 bits per heavy atom. The lowest BCUT2D eigenvalue weighted by atomic mass is 10.1. The van der Waals surface area contributed by atoms with E-state index in [1.807, 2.05) is 4.90 Å². The molecule has 0 aromatic heterocycles. The van der Waals surface area contributed by atoms with Crippen molar-refractivity contribution in [2.75, 3.05) is 45.8 Å². The van der Waals surface area contributed by atoms with Crippen LogP contribution in [0.5, 0.6) is 0 Å². The van der Waals surface area contributed by atoms with Gasteiger partial charge in [0.15, 0.2) is 0 Å². The molecule has 4 heteroatoms. The SMILES string of the molecule is CCN1CCN(C(=O)CCNCCC(C)C)CC1. The Morgan fingerprint density at radius 2 is 1.83 bits per heavy atom. The summed E-state index contributed by atoms with van der Waals surface area (Å²) in [6.07, 6.45) is 1.83.